The number of fused-ring (bicyclic) bond motifs is 1. The molecule has 0 aliphatic carbocycles. The van der Waals surface area contributed by atoms with Crippen LogP contribution in [-0.2, 0) is 11.3 Å². The number of hydrogen-bond acceptors (Lipinski definition) is 7. The second-order valence-corrected chi connectivity index (χ2v) is 6.14. The van der Waals surface area contributed by atoms with E-state index in [-0.39, 0.29) is 12.4 Å². The van der Waals surface area contributed by atoms with Gasteiger partial charge in [0, 0.05) is 13.0 Å². The molecule has 0 radical (unpaired) electrons. The highest BCUT2D eigenvalue weighted by molar-refractivity contribution is 5.82. The summed E-state index contributed by atoms with van der Waals surface area (Å²) >= 11 is 0. The summed E-state index contributed by atoms with van der Waals surface area (Å²) in [7, 11) is 0. The molecule has 0 bridgehead atoms. The Morgan fingerprint density at radius 1 is 1.23 bits per heavy atom. The fraction of sp³-hybridized carbons (Fsp3) is 0.353. The number of aliphatic hydroxyl groups excluding tert-OH is 2. The van der Waals surface area contributed by atoms with Crippen molar-refractivity contribution in [3.8, 4) is 0 Å². The molecule has 1 fully saturated rings. The smallest absolute Gasteiger partial charge is 0.167 e. The molecular weight excluding hydrogens is 341 g/mol. The van der Waals surface area contributed by atoms with Gasteiger partial charge in [-0.15, -0.1) is 0 Å². The number of benzene rings is 1. The molecule has 1 saturated heterocycles. The number of imidazole rings is 1. The Kier molecular flexibility index (Phi) is 4.49. The molecule has 3 aromatic rings. The molecule has 8 nitrogen and oxygen atoms in total. The zero-order valence-corrected chi connectivity index (χ0v) is 13.8. The van der Waals surface area contributed by atoms with Gasteiger partial charge in [0.25, 0.3) is 0 Å². The van der Waals surface area contributed by atoms with Crippen LogP contribution in [0, 0.1) is 5.82 Å². The molecule has 3 heterocycles. The quantitative estimate of drug-likeness (QED) is 0.629. The van der Waals surface area contributed by atoms with Crippen LogP contribution in [-0.4, -0.2) is 48.5 Å². The van der Waals surface area contributed by atoms with Gasteiger partial charge in [-0.3, -0.25) is 4.57 Å². The molecule has 3 atom stereocenters. The Bertz CT molecular complexity index is 901. The number of ether oxygens (including phenoxy) is 1. The number of aliphatic hydroxyl groups is 2. The lowest BCUT2D eigenvalue weighted by Gasteiger charge is -2.13. The van der Waals surface area contributed by atoms with E-state index in [1.807, 2.05) is 0 Å². The van der Waals surface area contributed by atoms with Crippen LogP contribution in [0.25, 0.3) is 11.2 Å². The maximum absolute atomic E-state index is 13.0. The van der Waals surface area contributed by atoms with Gasteiger partial charge in [0.1, 0.15) is 24.5 Å². The fourth-order valence-corrected chi connectivity index (χ4v) is 3.03. The van der Waals surface area contributed by atoms with Crippen molar-refractivity contribution in [3.05, 3.63) is 48.3 Å². The van der Waals surface area contributed by atoms with Crippen LogP contribution >= 0.6 is 0 Å². The molecule has 0 amide bonds. The monoisotopic (exact) mass is 359 g/mol. The molecule has 0 saturated carbocycles. The van der Waals surface area contributed by atoms with E-state index in [0.717, 1.165) is 5.56 Å². The van der Waals surface area contributed by atoms with Crippen molar-refractivity contribution in [3.63, 3.8) is 0 Å². The van der Waals surface area contributed by atoms with E-state index in [4.69, 9.17) is 4.74 Å². The van der Waals surface area contributed by atoms with E-state index >= 15 is 0 Å². The second kappa shape index (κ2) is 6.94. The van der Waals surface area contributed by atoms with E-state index in [9.17, 15) is 14.6 Å². The summed E-state index contributed by atoms with van der Waals surface area (Å²) in [6.45, 7) is 0.217. The van der Waals surface area contributed by atoms with Crippen molar-refractivity contribution in [2.75, 3.05) is 11.9 Å². The van der Waals surface area contributed by atoms with Crippen molar-refractivity contribution in [1.82, 2.24) is 19.5 Å². The van der Waals surface area contributed by atoms with Crippen LogP contribution in [0.5, 0.6) is 0 Å². The number of hydrogen-bond donors (Lipinski definition) is 3. The molecule has 3 N–H and O–H groups in total. The van der Waals surface area contributed by atoms with Crippen LogP contribution < -0.4 is 5.32 Å². The third kappa shape index (κ3) is 3.12. The van der Waals surface area contributed by atoms with E-state index in [0.29, 0.717) is 29.9 Å². The maximum Gasteiger partial charge on any atom is 0.167 e. The van der Waals surface area contributed by atoms with Crippen LogP contribution in [0.2, 0.25) is 0 Å². The summed E-state index contributed by atoms with van der Waals surface area (Å²) in [5.74, 6) is 0.271. The Labute approximate surface area is 148 Å². The minimum Gasteiger partial charge on any atom is -0.394 e. The molecule has 1 aromatic carbocycles. The topological polar surface area (TPSA) is 105 Å². The first-order valence-corrected chi connectivity index (χ1v) is 8.26. The van der Waals surface area contributed by atoms with Crippen molar-refractivity contribution in [2.45, 2.75) is 31.4 Å². The molecule has 1 unspecified atom stereocenters. The van der Waals surface area contributed by atoms with Gasteiger partial charge in [0.2, 0.25) is 0 Å². The second-order valence-electron chi connectivity index (χ2n) is 6.14. The van der Waals surface area contributed by atoms with E-state index in [1.165, 1.54) is 18.5 Å². The number of aromatic nitrogens is 4. The summed E-state index contributed by atoms with van der Waals surface area (Å²) < 4.78 is 20.4. The summed E-state index contributed by atoms with van der Waals surface area (Å²) in [6, 6.07) is 6.20. The Hall–Kier alpha value is -2.62. The maximum atomic E-state index is 13.0. The number of halogens is 1. The lowest BCUT2D eigenvalue weighted by Crippen LogP contribution is -2.24. The number of rotatable bonds is 5. The van der Waals surface area contributed by atoms with Gasteiger partial charge in [-0.2, -0.15) is 0 Å². The predicted octanol–water partition coefficient (Wildman–Crippen LogP) is 1.22. The Morgan fingerprint density at radius 3 is 2.77 bits per heavy atom. The Balaban J connectivity index is 1.56. The first-order chi connectivity index (χ1) is 12.7. The zero-order valence-electron chi connectivity index (χ0n) is 13.8. The number of nitrogens with zero attached hydrogens (tertiary/aromatic N) is 4. The molecule has 2 aromatic heterocycles. The lowest BCUT2D eigenvalue weighted by molar-refractivity contribution is -0.0432. The largest absolute Gasteiger partial charge is 0.394 e. The van der Waals surface area contributed by atoms with E-state index in [1.54, 1.807) is 23.0 Å². The summed E-state index contributed by atoms with van der Waals surface area (Å²) in [5.41, 5.74) is 2.04. The molecule has 1 aliphatic rings. The van der Waals surface area contributed by atoms with Crippen molar-refractivity contribution in [2.24, 2.45) is 0 Å². The predicted molar refractivity (Wildman–Crippen MR) is 90.7 cm³/mol. The molecule has 1 aliphatic heterocycles. The van der Waals surface area contributed by atoms with Crippen LogP contribution in [0.1, 0.15) is 18.2 Å². The average molecular weight is 359 g/mol. The third-order valence-electron chi connectivity index (χ3n) is 4.43. The van der Waals surface area contributed by atoms with Gasteiger partial charge in [-0.25, -0.2) is 19.3 Å². The van der Waals surface area contributed by atoms with Crippen molar-refractivity contribution < 1.29 is 19.3 Å². The van der Waals surface area contributed by atoms with E-state index in [2.05, 4.69) is 20.3 Å². The zero-order chi connectivity index (χ0) is 18.1. The Morgan fingerprint density at radius 2 is 2.04 bits per heavy atom. The summed E-state index contributed by atoms with van der Waals surface area (Å²) in [4.78, 5) is 12.8. The van der Waals surface area contributed by atoms with Crippen molar-refractivity contribution >= 4 is 17.0 Å². The normalized spacial score (nSPS) is 22.8. The molecule has 0 spiro atoms. The van der Waals surface area contributed by atoms with Gasteiger partial charge in [0.15, 0.2) is 17.0 Å². The highest BCUT2D eigenvalue weighted by atomic mass is 19.1. The highest BCUT2D eigenvalue weighted by Gasteiger charge is 2.35. The molecule has 136 valence electrons. The SMILES string of the molecule is OC[C@H]1OC(n2cnc3c(NCc4ccc(F)cc4)ncnc32)C[C@@H]1O. The summed E-state index contributed by atoms with van der Waals surface area (Å²) in [6.07, 6.45) is 1.55. The van der Waals surface area contributed by atoms with Gasteiger partial charge < -0.3 is 20.3 Å². The van der Waals surface area contributed by atoms with Crippen LogP contribution in [0.15, 0.2) is 36.9 Å². The number of anilines is 1. The van der Waals surface area contributed by atoms with Crippen LogP contribution in [0.4, 0.5) is 10.2 Å². The molecule has 4 rings (SSSR count). The third-order valence-corrected chi connectivity index (χ3v) is 4.43. The molecule has 9 heteroatoms. The minimum atomic E-state index is -0.736. The average Bonchev–Trinajstić information content (AvgIpc) is 3.24. The van der Waals surface area contributed by atoms with Gasteiger partial charge in [0.05, 0.1) is 19.0 Å². The molecular formula is C17H18FN5O3. The minimum absolute atomic E-state index is 0.246. The first kappa shape index (κ1) is 16.8. The first-order valence-electron chi connectivity index (χ1n) is 8.26. The standard InChI is InChI=1S/C17H18FN5O3/c18-11-3-1-10(2-4-11)6-19-16-15-17(21-8-20-16)23(9-22-15)14-5-12(25)13(7-24)26-14/h1-4,8-9,12-14,24-25H,5-7H2,(H,19,20,21)/t12-,13+,14?/m0/s1. The van der Waals surface area contributed by atoms with Crippen molar-refractivity contribution in [1.29, 1.82) is 0 Å². The number of nitrogens with one attached hydrogen (secondary N) is 1. The van der Waals surface area contributed by atoms with Gasteiger partial charge in [-0.05, 0) is 17.7 Å². The fourth-order valence-electron chi connectivity index (χ4n) is 3.03. The summed E-state index contributed by atoms with van der Waals surface area (Å²) in [5, 5.41) is 22.3. The lowest BCUT2D eigenvalue weighted by atomic mass is 10.2. The highest BCUT2D eigenvalue weighted by Crippen LogP contribution is 2.31. The van der Waals surface area contributed by atoms with Gasteiger partial charge in [-0.1, -0.05) is 12.1 Å². The molecule has 26 heavy (non-hydrogen) atoms. The van der Waals surface area contributed by atoms with E-state index < -0.39 is 18.4 Å². The van der Waals surface area contributed by atoms with Crippen LogP contribution in [0.3, 0.4) is 0 Å². The van der Waals surface area contributed by atoms with Gasteiger partial charge >= 0.3 is 0 Å².